The number of amides is 1. The molecule has 144 valence electrons. The lowest BCUT2D eigenvalue weighted by Gasteiger charge is -2.29. The molecule has 0 saturated carbocycles. The Morgan fingerprint density at radius 3 is 2.33 bits per heavy atom. The molecule has 0 aromatic heterocycles. The lowest BCUT2D eigenvalue weighted by molar-refractivity contribution is -0.114. The molecule has 3 rings (SSSR count). The van der Waals surface area contributed by atoms with E-state index in [4.69, 9.17) is 11.6 Å². The molecule has 0 spiro atoms. The predicted molar refractivity (Wildman–Crippen MR) is 107 cm³/mol. The van der Waals surface area contributed by atoms with Gasteiger partial charge in [0, 0.05) is 24.2 Å². The second-order valence-corrected chi connectivity index (χ2v) is 9.06. The third kappa shape index (κ3) is 4.69. The number of rotatable bonds is 4. The second kappa shape index (κ2) is 8.42. The quantitative estimate of drug-likeness (QED) is 0.806. The monoisotopic (exact) mass is 406 g/mol. The van der Waals surface area contributed by atoms with Crippen molar-refractivity contribution in [1.82, 2.24) is 4.31 Å². The van der Waals surface area contributed by atoms with E-state index in [0.29, 0.717) is 17.3 Å². The van der Waals surface area contributed by atoms with Gasteiger partial charge in [0.15, 0.2) is 0 Å². The molecule has 7 heteroatoms. The predicted octanol–water partition coefficient (Wildman–Crippen LogP) is 4.60. The summed E-state index contributed by atoms with van der Waals surface area (Å²) in [5.74, 6) is -0.194. The summed E-state index contributed by atoms with van der Waals surface area (Å²) in [5.41, 5.74) is 1.53. The summed E-state index contributed by atoms with van der Waals surface area (Å²) < 4.78 is 28.3. The molecular formula is C20H23ClN2O3S. The van der Waals surface area contributed by atoms with Gasteiger partial charge in [-0.1, -0.05) is 36.6 Å². The number of nitrogens with zero attached hydrogens (tertiary/aromatic N) is 1. The van der Waals surface area contributed by atoms with Crippen LogP contribution in [0.3, 0.4) is 0 Å². The maximum Gasteiger partial charge on any atom is 0.243 e. The summed E-state index contributed by atoms with van der Waals surface area (Å²) in [6.45, 7) is 1.90. The first kappa shape index (κ1) is 19.9. The fourth-order valence-electron chi connectivity index (χ4n) is 3.44. The molecule has 0 bridgehead atoms. The van der Waals surface area contributed by atoms with Gasteiger partial charge in [0.2, 0.25) is 15.9 Å². The number of carbonyl (C=O) groups excluding carboxylic acids is 1. The van der Waals surface area contributed by atoms with E-state index in [9.17, 15) is 13.2 Å². The van der Waals surface area contributed by atoms with Gasteiger partial charge in [0.25, 0.3) is 0 Å². The van der Waals surface area contributed by atoms with E-state index in [0.717, 1.165) is 31.2 Å². The van der Waals surface area contributed by atoms with Crippen LogP contribution >= 0.6 is 11.6 Å². The average Bonchev–Trinajstić information content (AvgIpc) is 2.89. The summed E-state index contributed by atoms with van der Waals surface area (Å²) in [4.78, 5) is 11.4. The number of halogens is 1. The van der Waals surface area contributed by atoms with Gasteiger partial charge >= 0.3 is 0 Å². The van der Waals surface area contributed by atoms with E-state index in [-0.39, 0.29) is 16.8 Å². The van der Waals surface area contributed by atoms with Crippen LogP contribution in [-0.2, 0) is 14.8 Å². The molecule has 5 nitrogen and oxygen atoms in total. The Labute approximate surface area is 165 Å². The molecule has 2 aromatic carbocycles. The van der Waals surface area contributed by atoms with Crippen molar-refractivity contribution in [1.29, 1.82) is 0 Å². The Morgan fingerprint density at radius 2 is 1.70 bits per heavy atom. The van der Waals surface area contributed by atoms with Crippen molar-refractivity contribution in [2.45, 2.75) is 43.5 Å². The smallest absolute Gasteiger partial charge is 0.243 e. The van der Waals surface area contributed by atoms with Crippen LogP contribution in [0.5, 0.6) is 0 Å². The molecule has 1 fully saturated rings. The summed E-state index contributed by atoms with van der Waals surface area (Å²) in [5, 5.41) is 3.29. The van der Waals surface area contributed by atoms with Crippen molar-refractivity contribution >= 4 is 33.2 Å². The number of benzene rings is 2. The van der Waals surface area contributed by atoms with Crippen LogP contribution in [0, 0.1) is 0 Å². The number of hydrogen-bond acceptors (Lipinski definition) is 3. The third-order valence-electron chi connectivity index (χ3n) is 4.74. The summed E-state index contributed by atoms with van der Waals surface area (Å²) >= 11 is 5.99. The van der Waals surface area contributed by atoms with Crippen LogP contribution in [0.1, 0.15) is 44.2 Å². The number of nitrogens with one attached hydrogen (secondary N) is 1. The minimum atomic E-state index is -3.65. The highest BCUT2D eigenvalue weighted by molar-refractivity contribution is 7.89. The summed E-state index contributed by atoms with van der Waals surface area (Å²) in [6.07, 6.45) is 3.62. The summed E-state index contributed by atoms with van der Waals surface area (Å²) in [7, 11) is -3.65. The number of anilines is 1. The van der Waals surface area contributed by atoms with Gasteiger partial charge in [-0.3, -0.25) is 4.79 Å². The molecule has 1 saturated heterocycles. The van der Waals surface area contributed by atoms with E-state index < -0.39 is 10.0 Å². The standard InChI is InChI=1S/C20H23ClN2O3S/c1-15(24)22-18-10-12-19(13-11-18)27(25,26)23-14-4-2-3-5-20(23)16-6-8-17(21)9-7-16/h6-13,20H,2-5,14H2,1H3,(H,22,24)/t20-/m1/s1. The molecule has 2 aromatic rings. The Bertz CT molecular complexity index is 896. The largest absolute Gasteiger partial charge is 0.326 e. The fraction of sp³-hybridized carbons (Fsp3) is 0.350. The maximum absolute atomic E-state index is 13.3. The molecule has 1 amide bonds. The van der Waals surface area contributed by atoms with Gasteiger partial charge in [0.05, 0.1) is 10.9 Å². The van der Waals surface area contributed by atoms with Crippen molar-refractivity contribution < 1.29 is 13.2 Å². The highest BCUT2D eigenvalue weighted by atomic mass is 35.5. The van der Waals surface area contributed by atoms with Crippen LogP contribution < -0.4 is 5.32 Å². The van der Waals surface area contributed by atoms with Crippen LogP contribution in [0.15, 0.2) is 53.4 Å². The Kier molecular flexibility index (Phi) is 6.19. The molecule has 0 radical (unpaired) electrons. The van der Waals surface area contributed by atoms with E-state index in [1.54, 1.807) is 40.7 Å². The second-order valence-electron chi connectivity index (χ2n) is 6.74. The fourth-order valence-corrected chi connectivity index (χ4v) is 5.24. The van der Waals surface area contributed by atoms with Gasteiger partial charge in [-0.2, -0.15) is 4.31 Å². The minimum Gasteiger partial charge on any atom is -0.326 e. The van der Waals surface area contributed by atoms with Crippen molar-refractivity contribution in [2.75, 3.05) is 11.9 Å². The molecule has 27 heavy (non-hydrogen) atoms. The molecule has 1 heterocycles. The number of sulfonamides is 1. The van der Waals surface area contributed by atoms with Gasteiger partial charge in [-0.05, 0) is 54.8 Å². The van der Waals surface area contributed by atoms with Crippen LogP contribution in [0.4, 0.5) is 5.69 Å². The topological polar surface area (TPSA) is 66.5 Å². The van der Waals surface area contributed by atoms with Gasteiger partial charge in [-0.25, -0.2) is 8.42 Å². The highest BCUT2D eigenvalue weighted by Crippen LogP contribution is 2.35. The first-order chi connectivity index (χ1) is 12.9. The van der Waals surface area contributed by atoms with Crippen LogP contribution in [0.2, 0.25) is 5.02 Å². The zero-order chi connectivity index (χ0) is 19.4. The maximum atomic E-state index is 13.3. The molecule has 1 aliphatic rings. The van der Waals surface area contributed by atoms with Crippen LogP contribution in [0.25, 0.3) is 0 Å². The van der Waals surface area contributed by atoms with Gasteiger partial charge in [0.1, 0.15) is 0 Å². The minimum absolute atomic E-state index is 0.194. The van der Waals surface area contributed by atoms with Crippen LogP contribution in [-0.4, -0.2) is 25.2 Å². The zero-order valence-corrected chi connectivity index (χ0v) is 16.8. The Balaban J connectivity index is 1.93. The average molecular weight is 407 g/mol. The molecule has 0 unspecified atom stereocenters. The van der Waals surface area contributed by atoms with Crippen molar-refractivity contribution in [2.24, 2.45) is 0 Å². The summed E-state index contributed by atoms with van der Waals surface area (Å²) in [6, 6.07) is 13.5. The van der Waals surface area contributed by atoms with Crippen molar-refractivity contribution in [3.05, 3.63) is 59.1 Å². The molecular weight excluding hydrogens is 384 g/mol. The first-order valence-electron chi connectivity index (χ1n) is 9.03. The number of carbonyl (C=O) groups is 1. The Hall–Kier alpha value is -1.89. The normalized spacial score (nSPS) is 18.7. The van der Waals surface area contributed by atoms with E-state index >= 15 is 0 Å². The lowest BCUT2D eigenvalue weighted by Crippen LogP contribution is -2.34. The molecule has 1 aliphatic heterocycles. The van der Waals surface area contributed by atoms with Crippen molar-refractivity contribution in [3.63, 3.8) is 0 Å². The first-order valence-corrected chi connectivity index (χ1v) is 10.8. The van der Waals surface area contributed by atoms with E-state index in [1.807, 2.05) is 12.1 Å². The molecule has 1 N–H and O–H groups in total. The molecule has 0 aliphatic carbocycles. The zero-order valence-electron chi connectivity index (χ0n) is 15.2. The Morgan fingerprint density at radius 1 is 1.04 bits per heavy atom. The van der Waals surface area contributed by atoms with E-state index in [2.05, 4.69) is 5.32 Å². The number of hydrogen-bond donors (Lipinski definition) is 1. The van der Waals surface area contributed by atoms with E-state index in [1.165, 1.54) is 6.92 Å². The van der Waals surface area contributed by atoms with Crippen molar-refractivity contribution in [3.8, 4) is 0 Å². The van der Waals surface area contributed by atoms with Gasteiger partial charge < -0.3 is 5.32 Å². The third-order valence-corrected chi connectivity index (χ3v) is 6.91. The molecule has 1 atom stereocenters. The lowest BCUT2D eigenvalue weighted by atomic mass is 10.0. The van der Waals surface area contributed by atoms with Gasteiger partial charge in [-0.15, -0.1) is 0 Å². The SMILES string of the molecule is CC(=O)Nc1ccc(S(=O)(=O)N2CCCCC[C@@H]2c2ccc(Cl)cc2)cc1. The highest BCUT2D eigenvalue weighted by Gasteiger charge is 2.33.